The number of ether oxygens (including phenoxy) is 1. The number of carbonyl (C=O) groups is 2. The van der Waals surface area contributed by atoms with Crippen molar-refractivity contribution in [3.8, 4) is 0 Å². The number of methoxy groups -OCH3 is 1. The van der Waals surface area contributed by atoms with Gasteiger partial charge in [-0.1, -0.05) is 13.3 Å². The molecule has 1 atom stereocenters. The van der Waals surface area contributed by atoms with Crippen molar-refractivity contribution >= 4 is 28.9 Å². The van der Waals surface area contributed by atoms with Crippen molar-refractivity contribution in [2.75, 3.05) is 19.0 Å². The van der Waals surface area contributed by atoms with E-state index in [1.54, 1.807) is 11.4 Å². The molecular formula is C14H22N2O3S. The summed E-state index contributed by atoms with van der Waals surface area (Å²) >= 11 is 1.26. The topological polar surface area (TPSA) is 81.4 Å². The Morgan fingerprint density at radius 3 is 2.80 bits per heavy atom. The van der Waals surface area contributed by atoms with Gasteiger partial charge in [0, 0.05) is 6.42 Å². The van der Waals surface area contributed by atoms with Gasteiger partial charge in [0.25, 0.3) is 0 Å². The normalized spacial score (nSPS) is 11.9. The molecule has 1 heterocycles. The first-order valence-electron chi connectivity index (χ1n) is 6.78. The van der Waals surface area contributed by atoms with Crippen LogP contribution in [0.15, 0.2) is 11.4 Å². The van der Waals surface area contributed by atoms with E-state index in [1.807, 2.05) is 0 Å². The van der Waals surface area contributed by atoms with Crippen molar-refractivity contribution in [1.29, 1.82) is 0 Å². The minimum atomic E-state index is -0.426. The highest BCUT2D eigenvalue weighted by Crippen LogP contribution is 2.23. The Bertz CT molecular complexity index is 445. The van der Waals surface area contributed by atoms with Crippen molar-refractivity contribution in [2.24, 2.45) is 11.7 Å². The number of thiophene rings is 1. The fraction of sp³-hybridized carbons (Fsp3) is 0.571. The predicted octanol–water partition coefficient (Wildman–Crippen LogP) is 2.63. The van der Waals surface area contributed by atoms with Crippen LogP contribution in [0.3, 0.4) is 0 Å². The summed E-state index contributed by atoms with van der Waals surface area (Å²) in [6, 6.07) is 1.71. The summed E-state index contributed by atoms with van der Waals surface area (Å²) in [4.78, 5) is 23.8. The molecular weight excluding hydrogens is 276 g/mol. The molecule has 0 saturated carbocycles. The number of nitrogens with one attached hydrogen (secondary N) is 1. The predicted molar refractivity (Wildman–Crippen MR) is 81.0 cm³/mol. The molecule has 3 N–H and O–H groups in total. The summed E-state index contributed by atoms with van der Waals surface area (Å²) in [5, 5.41) is 4.52. The largest absolute Gasteiger partial charge is 0.465 e. The van der Waals surface area contributed by atoms with Crippen LogP contribution < -0.4 is 11.1 Å². The van der Waals surface area contributed by atoms with Gasteiger partial charge in [-0.25, -0.2) is 4.79 Å². The molecule has 0 saturated heterocycles. The van der Waals surface area contributed by atoms with Crippen LogP contribution in [0.5, 0.6) is 0 Å². The van der Waals surface area contributed by atoms with E-state index in [-0.39, 0.29) is 5.91 Å². The van der Waals surface area contributed by atoms with Crippen LogP contribution in [0.25, 0.3) is 0 Å². The Morgan fingerprint density at radius 1 is 1.45 bits per heavy atom. The Morgan fingerprint density at radius 2 is 2.20 bits per heavy atom. The van der Waals surface area contributed by atoms with Crippen molar-refractivity contribution in [3.63, 3.8) is 0 Å². The van der Waals surface area contributed by atoms with Gasteiger partial charge in [0.05, 0.1) is 12.8 Å². The molecule has 0 radical (unpaired) electrons. The molecule has 1 aromatic heterocycles. The second kappa shape index (κ2) is 8.71. The fourth-order valence-corrected chi connectivity index (χ4v) is 2.76. The van der Waals surface area contributed by atoms with E-state index in [0.717, 1.165) is 19.3 Å². The number of hydrogen-bond donors (Lipinski definition) is 2. The first-order chi connectivity index (χ1) is 9.62. The molecule has 0 aliphatic rings. The van der Waals surface area contributed by atoms with Crippen LogP contribution in [-0.2, 0) is 9.53 Å². The Kier molecular flexibility index (Phi) is 7.25. The van der Waals surface area contributed by atoms with Crippen molar-refractivity contribution in [3.05, 3.63) is 16.3 Å². The summed E-state index contributed by atoms with van der Waals surface area (Å²) in [6.07, 6.45) is 3.22. The average Bonchev–Trinajstić information content (AvgIpc) is 2.90. The molecule has 0 aromatic carbocycles. The van der Waals surface area contributed by atoms with Gasteiger partial charge in [-0.3, -0.25) is 4.79 Å². The average molecular weight is 298 g/mol. The number of carbonyl (C=O) groups excluding carboxylic acids is 2. The molecule has 5 nitrogen and oxygen atoms in total. The lowest BCUT2D eigenvalue weighted by Gasteiger charge is -2.13. The van der Waals surface area contributed by atoms with E-state index in [2.05, 4.69) is 17.0 Å². The van der Waals surface area contributed by atoms with Gasteiger partial charge in [-0.2, -0.15) is 0 Å². The third-order valence-electron chi connectivity index (χ3n) is 3.24. The highest BCUT2D eigenvalue weighted by Gasteiger charge is 2.16. The zero-order chi connectivity index (χ0) is 15.0. The van der Waals surface area contributed by atoms with Crippen LogP contribution in [0.4, 0.5) is 5.69 Å². The maximum absolute atomic E-state index is 11.9. The quantitative estimate of drug-likeness (QED) is 0.723. The van der Waals surface area contributed by atoms with Crippen molar-refractivity contribution < 1.29 is 14.3 Å². The third kappa shape index (κ3) is 4.94. The second-order valence-corrected chi connectivity index (χ2v) is 5.51. The Hall–Kier alpha value is -1.40. The Labute approximate surface area is 123 Å². The van der Waals surface area contributed by atoms with Gasteiger partial charge in [0.1, 0.15) is 4.88 Å². The van der Waals surface area contributed by atoms with Crippen LogP contribution in [0, 0.1) is 5.92 Å². The van der Waals surface area contributed by atoms with Gasteiger partial charge in [0.2, 0.25) is 5.91 Å². The highest BCUT2D eigenvalue weighted by atomic mass is 32.1. The van der Waals surface area contributed by atoms with Crippen molar-refractivity contribution in [1.82, 2.24) is 0 Å². The monoisotopic (exact) mass is 298 g/mol. The van der Waals surface area contributed by atoms with E-state index >= 15 is 0 Å². The molecule has 0 spiro atoms. The Balaban J connectivity index is 2.50. The number of nitrogens with two attached hydrogens (primary N) is 1. The number of amides is 1. The first kappa shape index (κ1) is 16.7. The standard InChI is InChI=1S/C14H22N2O3S/c1-3-10(6-8-15)4-5-12(17)16-11-7-9-20-13(11)14(18)19-2/h7,9-10H,3-6,8,15H2,1-2H3,(H,16,17). The summed E-state index contributed by atoms with van der Waals surface area (Å²) in [7, 11) is 1.33. The summed E-state index contributed by atoms with van der Waals surface area (Å²) < 4.78 is 4.67. The number of anilines is 1. The fourth-order valence-electron chi connectivity index (χ4n) is 1.99. The van der Waals surface area contributed by atoms with Gasteiger partial charge in [-0.15, -0.1) is 11.3 Å². The highest BCUT2D eigenvalue weighted by molar-refractivity contribution is 7.12. The van der Waals surface area contributed by atoms with E-state index in [0.29, 0.717) is 29.4 Å². The molecule has 1 amide bonds. The molecule has 0 aliphatic carbocycles. The minimum Gasteiger partial charge on any atom is -0.465 e. The van der Waals surface area contributed by atoms with Gasteiger partial charge in [0.15, 0.2) is 0 Å². The molecule has 1 aromatic rings. The summed E-state index contributed by atoms with van der Waals surface area (Å²) in [6.45, 7) is 2.75. The smallest absolute Gasteiger partial charge is 0.350 e. The van der Waals surface area contributed by atoms with Gasteiger partial charge < -0.3 is 15.8 Å². The van der Waals surface area contributed by atoms with E-state index in [9.17, 15) is 9.59 Å². The maximum Gasteiger partial charge on any atom is 0.350 e. The van der Waals surface area contributed by atoms with Gasteiger partial charge in [-0.05, 0) is 36.8 Å². The second-order valence-electron chi connectivity index (χ2n) is 4.59. The summed E-state index contributed by atoms with van der Waals surface area (Å²) in [5.74, 6) is -0.0257. The molecule has 0 aliphatic heterocycles. The lowest BCUT2D eigenvalue weighted by molar-refractivity contribution is -0.116. The van der Waals surface area contributed by atoms with E-state index in [4.69, 9.17) is 5.73 Å². The third-order valence-corrected chi connectivity index (χ3v) is 4.14. The molecule has 6 heteroatoms. The molecule has 0 fully saturated rings. The molecule has 112 valence electrons. The molecule has 0 bridgehead atoms. The lowest BCUT2D eigenvalue weighted by Crippen LogP contribution is -2.16. The molecule has 1 rings (SSSR count). The van der Waals surface area contributed by atoms with Crippen molar-refractivity contribution in [2.45, 2.75) is 32.6 Å². The van der Waals surface area contributed by atoms with Crippen LogP contribution in [-0.4, -0.2) is 25.5 Å². The van der Waals surface area contributed by atoms with E-state index in [1.165, 1.54) is 18.4 Å². The zero-order valence-electron chi connectivity index (χ0n) is 12.0. The first-order valence-corrected chi connectivity index (χ1v) is 7.66. The summed E-state index contributed by atoms with van der Waals surface area (Å²) in [5.41, 5.74) is 6.07. The van der Waals surface area contributed by atoms with E-state index < -0.39 is 5.97 Å². The van der Waals surface area contributed by atoms with Crippen LogP contribution >= 0.6 is 11.3 Å². The minimum absolute atomic E-state index is 0.0796. The molecule has 1 unspecified atom stereocenters. The van der Waals surface area contributed by atoms with Crippen LogP contribution in [0.1, 0.15) is 42.3 Å². The van der Waals surface area contributed by atoms with Gasteiger partial charge >= 0.3 is 5.97 Å². The van der Waals surface area contributed by atoms with Crippen LogP contribution in [0.2, 0.25) is 0 Å². The number of hydrogen-bond acceptors (Lipinski definition) is 5. The molecule has 20 heavy (non-hydrogen) atoms. The number of rotatable bonds is 8. The maximum atomic E-state index is 11.9. The zero-order valence-corrected chi connectivity index (χ0v) is 12.8. The number of esters is 1. The lowest BCUT2D eigenvalue weighted by atomic mass is 9.96. The SMILES string of the molecule is CCC(CCN)CCC(=O)Nc1ccsc1C(=O)OC.